The molecule has 0 aromatic carbocycles. The van der Waals surface area contributed by atoms with Gasteiger partial charge in [-0.1, -0.05) is 5.16 Å². The second-order valence-electron chi connectivity index (χ2n) is 4.26. The molecule has 1 saturated carbocycles. The second kappa shape index (κ2) is 4.71. The molecule has 1 aliphatic rings. The maximum Gasteiger partial charge on any atom is 0.229 e. The summed E-state index contributed by atoms with van der Waals surface area (Å²) in [5, 5.41) is 3.93. The van der Waals surface area contributed by atoms with Crippen LogP contribution in [0.4, 0.5) is 0 Å². The van der Waals surface area contributed by atoms with Gasteiger partial charge in [0.2, 0.25) is 5.89 Å². The van der Waals surface area contributed by atoms with E-state index in [9.17, 15) is 0 Å². The SMILES string of the molecule is NC(c1noc(C2CC2)n1)c1ncc(Br)cc1Br. The smallest absolute Gasteiger partial charge is 0.229 e. The van der Waals surface area contributed by atoms with Crippen LogP contribution < -0.4 is 5.73 Å². The van der Waals surface area contributed by atoms with Gasteiger partial charge in [0, 0.05) is 21.1 Å². The first kappa shape index (κ1) is 12.3. The number of rotatable bonds is 3. The van der Waals surface area contributed by atoms with Crippen molar-refractivity contribution in [2.75, 3.05) is 0 Å². The summed E-state index contributed by atoms with van der Waals surface area (Å²) in [6.07, 6.45) is 3.94. The van der Waals surface area contributed by atoms with Crippen molar-refractivity contribution >= 4 is 31.9 Å². The van der Waals surface area contributed by atoms with E-state index in [1.54, 1.807) is 6.20 Å². The molecule has 3 rings (SSSR count). The molecular weight excluding hydrogens is 364 g/mol. The normalized spacial score (nSPS) is 16.8. The standard InChI is InChI=1S/C11H10Br2N4O/c12-6-3-7(13)9(15-4-6)8(14)10-16-11(18-17-10)5-1-2-5/h3-5,8H,1-2,14H2. The van der Waals surface area contributed by atoms with E-state index in [0.717, 1.165) is 21.8 Å². The van der Waals surface area contributed by atoms with E-state index in [4.69, 9.17) is 10.3 Å². The molecule has 1 aliphatic carbocycles. The third-order valence-electron chi connectivity index (χ3n) is 2.79. The summed E-state index contributed by atoms with van der Waals surface area (Å²) in [4.78, 5) is 8.62. The van der Waals surface area contributed by atoms with Crippen LogP contribution in [0.25, 0.3) is 0 Å². The maximum atomic E-state index is 6.11. The van der Waals surface area contributed by atoms with Crippen molar-refractivity contribution in [3.8, 4) is 0 Å². The van der Waals surface area contributed by atoms with Crippen LogP contribution in [0.1, 0.15) is 42.2 Å². The lowest BCUT2D eigenvalue weighted by Crippen LogP contribution is -2.16. The zero-order valence-corrected chi connectivity index (χ0v) is 12.5. The molecule has 2 N–H and O–H groups in total. The third kappa shape index (κ3) is 2.34. The Hall–Kier alpha value is -0.790. The minimum absolute atomic E-state index is 0.430. The molecule has 18 heavy (non-hydrogen) atoms. The summed E-state index contributed by atoms with van der Waals surface area (Å²) in [6, 6.07) is 1.41. The summed E-state index contributed by atoms with van der Waals surface area (Å²) in [5.74, 6) is 1.60. The van der Waals surface area contributed by atoms with Crippen molar-refractivity contribution in [3.05, 3.63) is 38.6 Å². The van der Waals surface area contributed by atoms with Crippen molar-refractivity contribution in [3.63, 3.8) is 0 Å². The third-order valence-corrected chi connectivity index (χ3v) is 3.86. The Kier molecular flexibility index (Phi) is 3.21. The van der Waals surface area contributed by atoms with Crippen LogP contribution in [0.15, 0.2) is 25.7 Å². The number of hydrogen-bond acceptors (Lipinski definition) is 5. The predicted octanol–water partition coefficient (Wildman–Crippen LogP) is 2.92. The number of nitrogens with two attached hydrogens (primary N) is 1. The fourth-order valence-corrected chi connectivity index (χ4v) is 2.88. The fourth-order valence-electron chi connectivity index (χ4n) is 1.65. The summed E-state index contributed by atoms with van der Waals surface area (Å²) >= 11 is 6.78. The molecule has 2 aromatic rings. The average Bonchev–Trinajstić information content (AvgIpc) is 3.06. The Morgan fingerprint density at radius 1 is 1.39 bits per heavy atom. The summed E-state index contributed by atoms with van der Waals surface area (Å²) in [5.41, 5.74) is 6.80. The summed E-state index contributed by atoms with van der Waals surface area (Å²) in [7, 11) is 0. The number of aromatic nitrogens is 3. The van der Waals surface area contributed by atoms with Gasteiger partial charge in [-0.2, -0.15) is 4.98 Å². The Labute approximate surface area is 120 Å². The molecule has 1 atom stereocenters. The van der Waals surface area contributed by atoms with Crippen LogP contribution in [0, 0.1) is 0 Å². The molecular formula is C11H10Br2N4O. The van der Waals surface area contributed by atoms with Crippen molar-refractivity contribution in [2.24, 2.45) is 5.73 Å². The molecule has 0 spiro atoms. The molecule has 0 saturated heterocycles. The zero-order valence-electron chi connectivity index (χ0n) is 9.31. The lowest BCUT2D eigenvalue weighted by molar-refractivity contribution is 0.372. The van der Waals surface area contributed by atoms with Crippen molar-refractivity contribution < 1.29 is 4.52 Å². The van der Waals surface area contributed by atoms with Gasteiger partial charge in [-0.15, -0.1) is 0 Å². The van der Waals surface area contributed by atoms with Crippen LogP contribution in [0.5, 0.6) is 0 Å². The van der Waals surface area contributed by atoms with Gasteiger partial charge in [0.25, 0.3) is 0 Å². The van der Waals surface area contributed by atoms with Crippen LogP contribution in [0.3, 0.4) is 0 Å². The topological polar surface area (TPSA) is 77.8 Å². The average molecular weight is 374 g/mol. The quantitative estimate of drug-likeness (QED) is 0.894. The first-order valence-electron chi connectivity index (χ1n) is 5.55. The number of halogens is 2. The second-order valence-corrected chi connectivity index (χ2v) is 6.03. The van der Waals surface area contributed by atoms with E-state index >= 15 is 0 Å². The van der Waals surface area contributed by atoms with Crippen LogP contribution >= 0.6 is 31.9 Å². The number of nitrogens with zero attached hydrogens (tertiary/aromatic N) is 3. The summed E-state index contributed by atoms with van der Waals surface area (Å²) in [6.45, 7) is 0. The van der Waals surface area contributed by atoms with E-state index in [1.165, 1.54) is 0 Å². The maximum absolute atomic E-state index is 6.11. The lowest BCUT2D eigenvalue weighted by Gasteiger charge is -2.08. The Balaban J connectivity index is 1.89. The molecule has 0 bridgehead atoms. The monoisotopic (exact) mass is 372 g/mol. The van der Waals surface area contributed by atoms with Gasteiger partial charge in [-0.05, 0) is 50.8 Å². The first-order valence-corrected chi connectivity index (χ1v) is 7.14. The zero-order chi connectivity index (χ0) is 12.7. The molecule has 2 heterocycles. The van der Waals surface area contributed by atoms with E-state index in [1.807, 2.05) is 6.07 Å². The van der Waals surface area contributed by atoms with Crippen LogP contribution in [-0.2, 0) is 0 Å². The van der Waals surface area contributed by atoms with Crippen molar-refractivity contribution in [1.82, 2.24) is 15.1 Å². The van der Waals surface area contributed by atoms with Crippen LogP contribution in [-0.4, -0.2) is 15.1 Å². The molecule has 7 heteroatoms. The molecule has 1 unspecified atom stereocenters. The Morgan fingerprint density at radius 2 is 2.17 bits per heavy atom. The number of hydrogen-bond donors (Lipinski definition) is 1. The number of pyridine rings is 1. The minimum Gasteiger partial charge on any atom is -0.339 e. The van der Waals surface area contributed by atoms with Crippen molar-refractivity contribution in [2.45, 2.75) is 24.8 Å². The molecule has 1 fully saturated rings. The van der Waals surface area contributed by atoms with Gasteiger partial charge < -0.3 is 10.3 Å². The van der Waals surface area contributed by atoms with Gasteiger partial charge in [-0.3, -0.25) is 4.98 Å². The lowest BCUT2D eigenvalue weighted by atomic mass is 10.2. The summed E-state index contributed by atoms with van der Waals surface area (Å²) < 4.78 is 6.91. The largest absolute Gasteiger partial charge is 0.339 e. The van der Waals surface area contributed by atoms with Gasteiger partial charge in [-0.25, -0.2) is 0 Å². The van der Waals surface area contributed by atoms with Crippen molar-refractivity contribution in [1.29, 1.82) is 0 Å². The molecule has 0 aliphatic heterocycles. The Morgan fingerprint density at radius 3 is 2.83 bits per heavy atom. The first-order chi connectivity index (χ1) is 8.65. The van der Waals surface area contributed by atoms with Gasteiger partial charge in [0.15, 0.2) is 5.82 Å². The highest BCUT2D eigenvalue weighted by atomic mass is 79.9. The van der Waals surface area contributed by atoms with Gasteiger partial charge in [0.05, 0.1) is 5.69 Å². The molecule has 5 nitrogen and oxygen atoms in total. The van der Waals surface area contributed by atoms with E-state index in [0.29, 0.717) is 23.3 Å². The highest BCUT2D eigenvalue weighted by molar-refractivity contribution is 9.11. The highest BCUT2D eigenvalue weighted by Crippen LogP contribution is 2.39. The van der Waals surface area contributed by atoms with Gasteiger partial charge in [0.1, 0.15) is 6.04 Å². The molecule has 2 aromatic heterocycles. The van der Waals surface area contributed by atoms with Gasteiger partial charge >= 0.3 is 0 Å². The predicted molar refractivity (Wildman–Crippen MR) is 71.9 cm³/mol. The van der Waals surface area contributed by atoms with E-state index in [-0.39, 0.29) is 0 Å². The highest BCUT2D eigenvalue weighted by Gasteiger charge is 2.31. The molecule has 0 amide bonds. The molecule has 0 radical (unpaired) electrons. The Bertz CT molecular complexity index is 582. The van der Waals surface area contributed by atoms with E-state index < -0.39 is 6.04 Å². The fraction of sp³-hybridized carbons (Fsp3) is 0.364. The minimum atomic E-state index is -0.483. The van der Waals surface area contributed by atoms with E-state index in [2.05, 4.69) is 47.0 Å². The molecule has 94 valence electrons. The van der Waals surface area contributed by atoms with Crippen LogP contribution in [0.2, 0.25) is 0 Å².